The Morgan fingerprint density at radius 3 is 2.56 bits per heavy atom. The van der Waals surface area contributed by atoms with Gasteiger partial charge < -0.3 is 15.2 Å². The Hall–Kier alpha value is -3.74. The molecule has 0 spiro atoms. The monoisotopic (exact) mass is 363 g/mol. The molecule has 0 fully saturated rings. The van der Waals surface area contributed by atoms with Crippen LogP contribution in [0.5, 0.6) is 11.5 Å². The summed E-state index contributed by atoms with van der Waals surface area (Å²) < 4.78 is 5.70. The van der Waals surface area contributed by atoms with Crippen LogP contribution in [0.1, 0.15) is 22.5 Å². The summed E-state index contributed by atoms with van der Waals surface area (Å²) in [6, 6.07) is 13.7. The zero-order valence-corrected chi connectivity index (χ0v) is 14.3. The molecule has 136 valence electrons. The number of aliphatic carboxylic acids is 1. The number of nitrogens with one attached hydrogen (secondary N) is 1. The molecule has 3 aromatic rings. The average molecular weight is 363 g/mol. The topological polar surface area (TPSA) is 101 Å². The molecule has 0 saturated carbocycles. The van der Waals surface area contributed by atoms with Gasteiger partial charge in [0.2, 0.25) is 0 Å². The van der Waals surface area contributed by atoms with Crippen LogP contribution in [-0.2, 0) is 11.2 Å². The van der Waals surface area contributed by atoms with Crippen LogP contribution in [0.3, 0.4) is 0 Å². The average Bonchev–Trinajstić information content (AvgIpc) is 2.68. The van der Waals surface area contributed by atoms with Crippen molar-refractivity contribution in [1.82, 2.24) is 9.97 Å². The van der Waals surface area contributed by atoms with Crippen LogP contribution in [0.25, 0.3) is 0 Å². The molecule has 3 rings (SSSR count). The van der Waals surface area contributed by atoms with Gasteiger partial charge in [-0.2, -0.15) is 0 Å². The predicted molar refractivity (Wildman–Crippen MR) is 98.9 cm³/mol. The third kappa shape index (κ3) is 5.37. The summed E-state index contributed by atoms with van der Waals surface area (Å²) in [7, 11) is 0. The van der Waals surface area contributed by atoms with Gasteiger partial charge in [0, 0.05) is 30.1 Å². The van der Waals surface area contributed by atoms with E-state index in [-0.39, 0.29) is 12.3 Å². The number of carbonyl (C=O) groups is 2. The second-order valence-electron chi connectivity index (χ2n) is 5.70. The Bertz CT molecular complexity index is 927. The Labute approximate surface area is 155 Å². The Morgan fingerprint density at radius 1 is 1.04 bits per heavy atom. The summed E-state index contributed by atoms with van der Waals surface area (Å²) in [6.45, 7) is 0. The molecular weight excluding hydrogens is 346 g/mol. The third-order valence-corrected chi connectivity index (χ3v) is 3.66. The van der Waals surface area contributed by atoms with E-state index in [1.807, 2.05) is 0 Å². The number of ether oxygens (including phenoxy) is 1. The van der Waals surface area contributed by atoms with Crippen molar-refractivity contribution in [2.75, 3.05) is 5.32 Å². The zero-order valence-electron chi connectivity index (χ0n) is 14.3. The van der Waals surface area contributed by atoms with Gasteiger partial charge in [0.05, 0.1) is 18.3 Å². The minimum atomic E-state index is -0.872. The van der Waals surface area contributed by atoms with Crippen LogP contribution in [0.2, 0.25) is 0 Å². The van der Waals surface area contributed by atoms with Gasteiger partial charge in [0.25, 0.3) is 5.91 Å². The Morgan fingerprint density at radius 2 is 1.85 bits per heavy atom. The number of nitrogens with zero attached hydrogens (tertiary/aromatic N) is 2. The fourth-order valence-corrected chi connectivity index (χ4v) is 2.33. The molecule has 0 unspecified atom stereocenters. The van der Waals surface area contributed by atoms with Crippen molar-refractivity contribution in [1.29, 1.82) is 0 Å². The van der Waals surface area contributed by atoms with Gasteiger partial charge in [-0.15, -0.1) is 0 Å². The Balaban J connectivity index is 1.64. The first-order valence-electron chi connectivity index (χ1n) is 8.26. The first kappa shape index (κ1) is 18.1. The number of carboxylic acid groups (broad SMARTS) is 1. The van der Waals surface area contributed by atoms with Crippen molar-refractivity contribution >= 4 is 17.6 Å². The third-order valence-electron chi connectivity index (χ3n) is 3.66. The van der Waals surface area contributed by atoms with E-state index in [1.54, 1.807) is 60.9 Å². The fraction of sp³-hybridized carbons (Fsp3) is 0.100. The standard InChI is InChI=1S/C20H17N3O4/c24-19(25)7-6-15-4-5-16(13-22-15)23-20(26)14-2-1-3-18(12-14)27-17-8-10-21-11-9-17/h1-5,8-13H,6-7H2,(H,23,26)(H,24,25). The lowest BCUT2D eigenvalue weighted by atomic mass is 10.2. The fourth-order valence-electron chi connectivity index (χ4n) is 2.33. The lowest BCUT2D eigenvalue weighted by Crippen LogP contribution is -2.12. The molecule has 0 bridgehead atoms. The maximum absolute atomic E-state index is 12.4. The van der Waals surface area contributed by atoms with Crippen LogP contribution >= 0.6 is 0 Å². The molecule has 2 aromatic heterocycles. The van der Waals surface area contributed by atoms with Crippen molar-refractivity contribution in [2.24, 2.45) is 0 Å². The van der Waals surface area contributed by atoms with Gasteiger partial charge in [0.1, 0.15) is 11.5 Å². The molecule has 7 nitrogen and oxygen atoms in total. The van der Waals surface area contributed by atoms with Crippen molar-refractivity contribution in [2.45, 2.75) is 12.8 Å². The SMILES string of the molecule is O=C(O)CCc1ccc(NC(=O)c2cccc(Oc3ccncc3)c2)cn1. The number of hydrogen-bond acceptors (Lipinski definition) is 5. The van der Waals surface area contributed by atoms with Gasteiger partial charge in [0.15, 0.2) is 0 Å². The number of aromatic nitrogens is 2. The highest BCUT2D eigenvalue weighted by Gasteiger charge is 2.09. The summed E-state index contributed by atoms with van der Waals surface area (Å²) in [4.78, 5) is 31.1. The summed E-state index contributed by atoms with van der Waals surface area (Å²) >= 11 is 0. The van der Waals surface area contributed by atoms with Crippen LogP contribution in [0.4, 0.5) is 5.69 Å². The van der Waals surface area contributed by atoms with E-state index in [1.165, 1.54) is 6.20 Å². The summed E-state index contributed by atoms with van der Waals surface area (Å²) in [5, 5.41) is 11.4. The number of hydrogen-bond donors (Lipinski definition) is 2. The van der Waals surface area contributed by atoms with Crippen LogP contribution in [0, 0.1) is 0 Å². The van der Waals surface area contributed by atoms with E-state index in [0.717, 1.165) is 0 Å². The molecule has 0 aliphatic rings. The molecule has 0 aliphatic carbocycles. The van der Waals surface area contributed by atoms with E-state index in [2.05, 4.69) is 15.3 Å². The molecule has 7 heteroatoms. The van der Waals surface area contributed by atoms with Crippen LogP contribution in [-0.4, -0.2) is 27.0 Å². The minimum absolute atomic E-state index is 0.0168. The second kappa shape index (κ2) is 8.57. The molecule has 0 atom stereocenters. The maximum Gasteiger partial charge on any atom is 0.303 e. The molecule has 1 aromatic carbocycles. The number of pyridine rings is 2. The number of benzene rings is 1. The second-order valence-corrected chi connectivity index (χ2v) is 5.70. The Kier molecular flexibility index (Phi) is 5.73. The highest BCUT2D eigenvalue weighted by atomic mass is 16.5. The number of rotatable bonds is 7. The van der Waals surface area contributed by atoms with Gasteiger partial charge in [-0.05, 0) is 42.5 Å². The van der Waals surface area contributed by atoms with Gasteiger partial charge in [-0.1, -0.05) is 6.07 Å². The predicted octanol–water partition coefficient (Wildman–Crippen LogP) is 3.54. The minimum Gasteiger partial charge on any atom is -0.481 e. The van der Waals surface area contributed by atoms with E-state index in [0.29, 0.717) is 34.9 Å². The highest BCUT2D eigenvalue weighted by molar-refractivity contribution is 6.04. The summed E-state index contributed by atoms with van der Waals surface area (Å²) in [5.74, 6) is -0.00184. The normalized spacial score (nSPS) is 10.2. The largest absolute Gasteiger partial charge is 0.481 e. The number of amides is 1. The van der Waals surface area contributed by atoms with Crippen molar-refractivity contribution < 1.29 is 19.4 Å². The number of carbonyl (C=O) groups excluding carboxylic acids is 1. The van der Waals surface area contributed by atoms with Gasteiger partial charge in [-0.25, -0.2) is 0 Å². The number of anilines is 1. The van der Waals surface area contributed by atoms with E-state index < -0.39 is 5.97 Å². The molecule has 2 N–H and O–H groups in total. The first-order valence-corrected chi connectivity index (χ1v) is 8.26. The first-order chi connectivity index (χ1) is 13.1. The van der Waals surface area contributed by atoms with Crippen molar-refractivity contribution in [3.05, 3.63) is 78.4 Å². The van der Waals surface area contributed by atoms with Crippen LogP contribution in [0.15, 0.2) is 67.1 Å². The van der Waals surface area contributed by atoms with Gasteiger partial charge >= 0.3 is 5.97 Å². The highest BCUT2D eigenvalue weighted by Crippen LogP contribution is 2.22. The maximum atomic E-state index is 12.4. The van der Waals surface area contributed by atoms with Crippen LogP contribution < -0.4 is 10.1 Å². The smallest absolute Gasteiger partial charge is 0.303 e. The lowest BCUT2D eigenvalue weighted by molar-refractivity contribution is -0.136. The van der Waals surface area contributed by atoms with E-state index in [4.69, 9.17) is 9.84 Å². The van der Waals surface area contributed by atoms with E-state index in [9.17, 15) is 9.59 Å². The zero-order chi connectivity index (χ0) is 19.1. The van der Waals surface area contributed by atoms with Gasteiger partial charge in [-0.3, -0.25) is 19.6 Å². The van der Waals surface area contributed by atoms with Crippen molar-refractivity contribution in [3.63, 3.8) is 0 Å². The quantitative estimate of drug-likeness (QED) is 0.666. The van der Waals surface area contributed by atoms with Crippen molar-refractivity contribution in [3.8, 4) is 11.5 Å². The summed E-state index contributed by atoms with van der Waals surface area (Å²) in [5.41, 5.74) is 1.62. The number of carboxylic acids is 1. The molecule has 27 heavy (non-hydrogen) atoms. The molecule has 0 radical (unpaired) electrons. The molecule has 0 aliphatic heterocycles. The molecule has 2 heterocycles. The molecule has 0 saturated heterocycles. The molecule has 1 amide bonds. The van der Waals surface area contributed by atoms with E-state index >= 15 is 0 Å². The number of aryl methyl sites for hydroxylation is 1. The molecular formula is C20H17N3O4. The lowest BCUT2D eigenvalue weighted by Gasteiger charge is -2.08. The summed E-state index contributed by atoms with van der Waals surface area (Å²) in [6.07, 6.45) is 5.12.